The van der Waals surface area contributed by atoms with Gasteiger partial charge in [-0.05, 0) is 6.07 Å². The molecule has 0 unspecified atom stereocenters. The quantitative estimate of drug-likeness (QED) is 0.598. The number of carbonyl (C=O) groups excluding carboxylic acids is 1. The summed E-state index contributed by atoms with van der Waals surface area (Å²) in [6.07, 6.45) is 1.31. The Kier molecular flexibility index (Phi) is 2.95. The van der Waals surface area contributed by atoms with Gasteiger partial charge in [-0.2, -0.15) is 0 Å². The number of nitrogens with zero attached hydrogens (tertiary/aromatic N) is 2. The lowest BCUT2D eigenvalue weighted by molar-refractivity contribution is 0.0991. The van der Waals surface area contributed by atoms with Crippen LogP contribution in [0, 0.1) is 0 Å². The van der Waals surface area contributed by atoms with E-state index >= 15 is 0 Å². The molecule has 0 fully saturated rings. The number of rotatable bonds is 1. The Morgan fingerprint density at radius 3 is 2.54 bits per heavy atom. The molecule has 0 atom stereocenters. The van der Waals surface area contributed by atoms with Crippen LogP contribution in [-0.2, 0) is 0 Å². The molecule has 2 N–H and O–H groups in total. The maximum absolute atomic E-state index is 11.3. The number of nitrogens with two attached hydrogens (primary N) is 1. The smallest absolute Gasteiger partial charge is 0.255 e. The standard InChI is InChI=1S/C6H4Cl3N3O/c7-6(8,9)4(13)3-1-2-11-5(10)12-3/h1-2H,(H2,10,11,12). The molecular formula is C6H4Cl3N3O. The molecule has 0 radical (unpaired) electrons. The van der Waals surface area contributed by atoms with Gasteiger partial charge in [0.25, 0.3) is 3.79 Å². The molecule has 0 aromatic carbocycles. The second-order valence-electron chi connectivity index (χ2n) is 2.13. The number of ketones is 1. The first-order valence-corrected chi connectivity index (χ1v) is 4.24. The van der Waals surface area contributed by atoms with Crippen LogP contribution in [0.1, 0.15) is 10.5 Å². The molecule has 1 aromatic rings. The molecule has 0 bridgehead atoms. The Bertz CT molecular complexity index is 336. The predicted molar refractivity (Wildman–Crippen MR) is 51.1 cm³/mol. The molecule has 0 saturated carbocycles. The molecule has 1 aromatic heterocycles. The van der Waals surface area contributed by atoms with Crippen molar-refractivity contribution in [3.05, 3.63) is 18.0 Å². The second kappa shape index (κ2) is 3.65. The number of hydrogen-bond acceptors (Lipinski definition) is 4. The van der Waals surface area contributed by atoms with Crippen LogP contribution in [0.3, 0.4) is 0 Å². The van der Waals surface area contributed by atoms with Crippen LogP contribution >= 0.6 is 34.8 Å². The Labute approximate surface area is 89.0 Å². The van der Waals surface area contributed by atoms with Crippen molar-refractivity contribution in [2.75, 3.05) is 5.73 Å². The van der Waals surface area contributed by atoms with Crippen LogP contribution in [0.2, 0.25) is 0 Å². The average molecular weight is 240 g/mol. The van der Waals surface area contributed by atoms with Crippen molar-refractivity contribution in [3.8, 4) is 0 Å². The van der Waals surface area contributed by atoms with E-state index in [4.69, 9.17) is 40.5 Å². The Hall–Kier alpha value is -0.580. The summed E-state index contributed by atoms with van der Waals surface area (Å²) < 4.78 is -2.01. The molecule has 1 heterocycles. The number of hydrogen-bond donors (Lipinski definition) is 1. The van der Waals surface area contributed by atoms with Crippen LogP contribution in [0.25, 0.3) is 0 Å². The molecule has 13 heavy (non-hydrogen) atoms. The van der Waals surface area contributed by atoms with E-state index in [1.54, 1.807) is 0 Å². The molecule has 4 nitrogen and oxygen atoms in total. The number of Topliss-reactive ketones (excluding diaryl/α,β-unsaturated/α-hetero) is 1. The normalized spacial score (nSPS) is 11.3. The lowest BCUT2D eigenvalue weighted by Crippen LogP contribution is -2.20. The SMILES string of the molecule is Nc1nccc(C(=O)C(Cl)(Cl)Cl)n1. The second-order valence-corrected chi connectivity index (χ2v) is 4.41. The van der Waals surface area contributed by atoms with Crippen molar-refractivity contribution in [1.82, 2.24) is 9.97 Å². The molecule has 0 spiro atoms. The summed E-state index contributed by atoms with van der Waals surface area (Å²) in [5.74, 6) is -0.772. The van der Waals surface area contributed by atoms with Gasteiger partial charge in [-0.15, -0.1) is 0 Å². The largest absolute Gasteiger partial charge is 0.368 e. The lowest BCUT2D eigenvalue weighted by Gasteiger charge is -2.07. The van der Waals surface area contributed by atoms with Gasteiger partial charge < -0.3 is 5.73 Å². The lowest BCUT2D eigenvalue weighted by atomic mass is 10.3. The van der Waals surface area contributed by atoms with Gasteiger partial charge in [0.2, 0.25) is 11.7 Å². The maximum atomic E-state index is 11.3. The van der Waals surface area contributed by atoms with Gasteiger partial charge in [0.15, 0.2) is 0 Å². The van der Waals surface area contributed by atoms with Gasteiger partial charge in [-0.3, -0.25) is 4.79 Å². The highest BCUT2D eigenvalue weighted by molar-refractivity contribution is 6.77. The van der Waals surface area contributed by atoms with Gasteiger partial charge in [0.05, 0.1) is 0 Å². The number of carbonyl (C=O) groups is 1. The van der Waals surface area contributed by atoms with Crippen molar-refractivity contribution in [2.45, 2.75) is 3.79 Å². The van der Waals surface area contributed by atoms with Crippen molar-refractivity contribution in [1.29, 1.82) is 0 Å². The number of anilines is 1. The van der Waals surface area contributed by atoms with Crippen molar-refractivity contribution >= 4 is 46.5 Å². The summed E-state index contributed by atoms with van der Waals surface area (Å²) in [6, 6.07) is 1.32. The van der Waals surface area contributed by atoms with E-state index in [0.29, 0.717) is 0 Å². The molecular weight excluding hydrogens is 236 g/mol. The summed E-state index contributed by atoms with van der Waals surface area (Å²) in [5.41, 5.74) is 5.22. The van der Waals surface area contributed by atoms with Crippen molar-refractivity contribution in [2.24, 2.45) is 0 Å². The fourth-order valence-electron chi connectivity index (χ4n) is 0.645. The zero-order valence-electron chi connectivity index (χ0n) is 6.17. The summed E-state index contributed by atoms with van der Waals surface area (Å²) in [6.45, 7) is 0. The Balaban J connectivity index is 3.03. The average Bonchev–Trinajstić information content (AvgIpc) is 2.01. The first kappa shape index (κ1) is 10.5. The van der Waals surface area contributed by atoms with Crippen molar-refractivity contribution < 1.29 is 4.79 Å². The van der Waals surface area contributed by atoms with Crippen LogP contribution < -0.4 is 5.73 Å². The fraction of sp³-hybridized carbons (Fsp3) is 0.167. The zero-order chi connectivity index (χ0) is 10.1. The zero-order valence-corrected chi connectivity index (χ0v) is 8.44. The third kappa shape index (κ3) is 2.69. The van der Waals surface area contributed by atoms with E-state index in [0.717, 1.165) is 0 Å². The minimum absolute atomic E-state index is 0.0208. The topological polar surface area (TPSA) is 68.9 Å². The van der Waals surface area contributed by atoms with Crippen molar-refractivity contribution in [3.63, 3.8) is 0 Å². The molecule has 7 heteroatoms. The maximum Gasteiger partial charge on any atom is 0.255 e. The van der Waals surface area contributed by atoms with Gasteiger partial charge in [0.1, 0.15) is 5.69 Å². The number of alkyl halides is 3. The third-order valence-corrected chi connectivity index (χ3v) is 1.68. The van der Waals surface area contributed by atoms with E-state index in [1.807, 2.05) is 0 Å². The highest BCUT2D eigenvalue weighted by Gasteiger charge is 2.32. The molecule has 0 saturated heterocycles. The molecule has 0 aliphatic rings. The fourth-order valence-corrected chi connectivity index (χ4v) is 0.936. The van der Waals surface area contributed by atoms with Crippen LogP contribution in [0.4, 0.5) is 5.95 Å². The minimum atomic E-state index is -2.01. The Morgan fingerprint density at radius 1 is 1.46 bits per heavy atom. The molecule has 0 amide bonds. The minimum Gasteiger partial charge on any atom is -0.368 e. The molecule has 70 valence electrons. The van der Waals surface area contributed by atoms with Crippen LogP contribution in [0.15, 0.2) is 12.3 Å². The molecule has 0 aliphatic heterocycles. The third-order valence-electron chi connectivity index (χ3n) is 1.16. The van der Waals surface area contributed by atoms with Gasteiger partial charge in [-0.25, -0.2) is 9.97 Å². The molecule has 1 rings (SSSR count). The Morgan fingerprint density at radius 2 is 2.08 bits per heavy atom. The van der Waals surface area contributed by atoms with E-state index in [2.05, 4.69) is 9.97 Å². The summed E-state index contributed by atoms with van der Waals surface area (Å²) in [5, 5.41) is 0. The van der Waals surface area contributed by atoms with Crippen LogP contribution in [0.5, 0.6) is 0 Å². The van der Waals surface area contributed by atoms with E-state index in [9.17, 15) is 4.79 Å². The highest BCUT2D eigenvalue weighted by atomic mass is 35.6. The summed E-state index contributed by atoms with van der Waals surface area (Å²) in [7, 11) is 0. The number of nitrogen functional groups attached to an aromatic ring is 1. The molecule has 0 aliphatic carbocycles. The number of halogens is 3. The van der Waals surface area contributed by atoms with Crippen LogP contribution in [-0.4, -0.2) is 19.5 Å². The van der Waals surface area contributed by atoms with E-state index in [1.165, 1.54) is 12.3 Å². The monoisotopic (exact) mass is 239 g/mol. The number of aromatic nitrogens is 2. The van der Waals surface area contributed by atoms with E-state index < -0.39 is 9.58 Å². The van der Waals surface area contributed by atoms with E-state index in [-0.39, 0.29) is 11.6 Å². The summed E-state index contributed by atoms with van der Waals surface area (Å²) >= 11 is 16.1. The first-order valence-electron chi connectivity index (χ1n) is 3.11. The highest BCUT2D eigenvalue weighted by Crippen LogP contribution is 2.29. The predicted octanol–water partition coefficient (Wildman–Crippen LogP) is 1.61. The van der Waals surface area contributed by atoms with Gasteiger partial charge in [0, 0.05) is 6.20 Å². The summed E-state index contributed by atoms with van der Waals surface area (Å²) in [4.78, 5) is 18.5. The first-order chi connectivity index (χ1) is 5.91. The van der Waals surface area contributed by atoms with Gasteiger partial charge >= 0.3 is 0 Å². The van der Waals surface area contributed by atoms with Gasteiger partial charge in [-0.1, -0.05) is 34.8 Å².